The fraction of sp³-hybridized carbons (Fsp3) is 0.381. The first-order chi connectivity index (χ1) is 17.0. The first kappa shape index (κ1) is 27.3. The Morgan fingerprint density at radius 3 is 2.17 bits per heavy atom. The second-order valence-corrected chi connectivity index (χ2v) is 9.11. The molecule has 0 spiro atoms. The molecule has 2 aromatic heterocycles. The Balaban J connectivity index is 2.10. The summed E-state index contributed by atoms with van der Waals surface area (Å²) in [7, 11) is 0. The van der Waals surface area contributed by atoms with Gasteiger partial charge >= 0.3 is 23.9 Å². The monoisotopic (exact) mass is 558 g/mol. The van der Waals surface area contributed by atoms with Crippen LogP contribution in [0.5, 0.6) is 0 Å². The number of esters is 4. The molecule has 0 N–H and O–H groups in total. The minimum absolute atomic E-state index is 0.0333. The van der Waals surface area contributed by atoms with Crippen LogP contribution >= 0.6 is 34.5 Å². The lowest BCUT2D eigenvalue weighted by molar-refractivity contribution is -0.190. The molecular formula is C21H20Cl2N4O8S. The molecule has 3 rings (SSSR count). The number of ether oxygens (including phenoxy) is 4. The van der Waals surface area contributed by atoms with Crippen LogP contribution in [0.3, 0.4) is 0 Å². The van der Waals surface area contributed by atoms with E-state index in [1.165, 1.54) is 4.52 Å². The van der Waals surface area contributed by atoms with E-state index in [9.17, 15) is 19.2 Å². The van der Waals surface area contributed by atoms with Gasteiger partial charge in [0.15, 0.2) is 12.2 Å². The predicted molar refractivity (Wildman–Crippen MR) is 126 cm³/mol. The molecule has 3 atom stereocenters. The van der Waals surface area contributed by atoms with Crippen molar-refractivity contribution in [1.82, 2.24) is 19.8 Å². The van der Waals surface area contributed by atoms with E-state index in [0.29, 0.717) is 25.6 Å². The Kier molecular flexibility index (Phi) is 8.82. The summed E-state index contributed by atoms with van der Waals surface area (Å²) in [5.74, 6) is -3.01. The zero-order valence-corrected chi connectivity index (χ0v) is 21.7. The maximum Gasteiger partial charge on any atom is 0.303 e. The minimum Gasteiger partial charge on any atom is -0.462 e. The van der Waals surface area contributed by atoms with E-state index in [-0.39, 0.29) is 5.82 Å². The van der Waals surface area contributed by atoms with Crippen molar-refractivity contribution in [2.24, 2.45) is 0 Å². The van der Waals surface area contributed by atoms with E-state index in [4.69, 9.17) is 42.1 Å². The van der Waals surface area contributed by atoms with Crippen LogP contribution in [-0.4, -0.2) is 62.5 Å². The summed E-state index contributed by atoms with van der Waals surface area (Å²) in [6.45, 7) is 4.02. The number of carbonyl (C=O) groups excluding carboxylic acids is 4. The van der Waals surface area contributed by atoms with Crippen LogP contribution in [0.2, 0.25) is 10.0 Å². The third-order valence-corrected chi connectivity index (χ3v) is 6.15. The highest BCUT2D eigenvalue weighted by Crippen LogP contribution is 2.33. The largest absolute Gasteiger partial charge is 0.462 e. The number of fused-ring (bicyclic) bond motifs is 1. The lowest BCUT2D eigenvalue weighted by Gasteiger charge is -2.30. The van der Waals surface area contributed by atoms with Gasteiger partial charge in [-0.3, -0.25) is 19.2 Å². The summed E-state index contributed by atoms with van der Waals surface area (Å²) < 4.78 is 22.3. The molecule has 0 saturated carbocycles. The Bertz CT molecular complexity index is 1310. The van der Waals surface area contributed by atoms with Gasteiger partial charge in [0, 0.05) is 33.3 Å². The maximum absolute atomic E-state index is 12.0. The van der Waals surface area contributed by atoms with Crippen LogP contribution in [0.25, 0.3) is 15.5 Å². The number of rotatable bonds is 9. The molecule has 15 heteroatoms. The normalized spacial score (nSPS) is 13.5. The van der Waals surface area contributed by atoms with Gasteiger partial charge in [0.05, 0.1) is 10.0 Å². The van der Waals surface area contributed by atoms with Crippen LogP contribution in [0.4, 0.5) is 0 Å². The van der Waals surface area contributed by atoms with Crippen molar-refractivity contribution in [3.63, 3.8) is 0 Å². The molecule has 0 unspecified atom stereocenters. The summed E-state index contributed by atoms with van der Waals surface area (Å²) >= 11 is 13.3. The molecule has 0 aliphatic rings. The third-order valence-electron chi connectivity index (χ3n) is 4.46. The predicted octanol–water partition coefficient (Wildman–Crippen LogP) is 3.19. The molecule has 36 heavy (non-hydrogen) atoms. The van der Waals surface area contributed by atoms with E-state index in [1.807, 2.05) is 0 Å². The van der Waals surface area contributed by atoms with Gasteiger partial charge in [-0.15, -0.1) is 10.2 Å². The van der Waals surface area contributed by atoms with Crippen molar-refractivity contribution < 1.29 is 38.1 Å². The lowest BCUT2D eigenvalue weighted by Crippen LogP contribution is -2.44. The Hall–Kier alpha value is -3.29. The second-order valence-electron chi connectivity index (χ2n) is 7.34. The van der Waals surface area contributed by atoms with Crippen molar-refractivity contribution in [2.45, 2.75) is 46.0 Å². The smallest absolute Gasteiger partial charge is 0.303 e. The van der Waals surface area contributed by atoms with Crippen LogP contribution < -0.4 is 0 Å². The molecular weight excluding hydrogens is 539 g/mol. The summed E-state index contributed by atoms with van der Waals surface area (Å²) in [5.41, 5.74) is 0.638. The summed E-state index contributed by atoms with van der Waals surface area (Å²) in [6, 6.07) is 4.94. The van der Waals surface area contributed by atoms with E-state index < -0.39 is 48.8 Å². The second kappa shape index (κ2) is 11.6. The van der Waals surface area contributed by atoms with Crippen LogP contribution in [0, 0.1) is 0 Å². The fourth-order valence-corrected chi connectivity index (χ4v) is 4.27. The fourth-order valence-electron chi connectivity index (χ4n) is 3.13. The van der Waals surface area contributed by atoms with Crippen molar-refractivity contribution in [3.8, 4) is 10.6 Å². The average Bonchev–Trinajstić information content (AvgIpc) is 3.36. The Labute approximate surface area is 218 Å². The van der Waals surface area contributed by atoms with Crippen molar-refractivity contribution >= 4 is 63.4 Å². The van der Waals surface area contributed by atoms with Gasteiger partial charge in [0.2, 0.25) is 16.9 Å². The van der Waals surface area contributed by atoms with Gasteiger partial charge in [-0.25, -0.2) is 0 Å². The van der Waals surface area contributed by atoms with Crippen LogP contribution in [-0.2, 0) is 38.1 Å². The third kappa shape index (κ3) is 6.68. The summed E-state index contributed by atoms with van der Waals surface area (Å²) in [5, 5.41) is 13.8. The minimum atomic E-state index is -1.46. The van der Waals surface area contributed by atoms with E-state index >= 15 is 0 Å². The van der Waals surface area contributed by atoms with Crippen molar-refractivity contribution in [2.75, 3.05) is 6.61 Å². The number of aromatic nitrogens is 4. The van der Waals surface area contributed by atoms with E-state index in [2.05, 4.69) is 15.3 Å². The van der Waals surface area contributed by atoms with E-state index in [1.54, 1.807) is 18.2 Å². The van der Waals surface area contributed by atoms with Gasteiger partial charge in [-0.05, 0) is 12.1 Å². The van der Waals surface area contributed by atoms with E-state index in [0.717, 1.165) is 39.0 Å². The summed E-state index contributed by atoms with van der Waals surface area (Å²) in [4.78, 5) is 47.5. The highest BCUT2D eigenvalue weighted by molar-refractivity contribution is 7.19. The SMILES string of the molecule is CC(=O)OC[C@@H](OC(C)=O)[C@H](OC(C)=O)[C@H](OC(C)=O)c1nnc2sc(-c3ccc(Cl)c(Cl)c3)nn12. The van der Waals surface area contributed by atoms with Crippen LogP contribution in [0.1, 0.15) is 39.6 Å². The number of hydrogen-bond donors (Lipinski definition) is 0. The van der Waals surface area contributed by atoms with Gasteiger partial charge in [0.1, 0.15) is 11.6 Å². The van der Waals surface area contributed by atoms with Gasteiger partial charge in [0.25, 0.3) is 0 Å². The topological polar surface area (TPSA) is 148 Å². The molecule has 192 valence electrons. The van der Waals surface area contributed by atoms with Gasteiger partial charge in [-0.2, -0.15) is 9.61 Å². The summed E-state index contributed by atoms with van der Waals surface area (Å²) in [6.07, 6.45) is -4.25. The molecule has 1 aromatic carbocycles. The molecule has 0 amide bonds. The standard InChI is InChI=1S/C21H20Cl2N4O8S/c1-9(28)32-8-16(33-10(2)29)17(34-11(3)30)18(35-12(4)31)19-24-25-21-27(19)26-20(36-21)13-5-6-14(22)15(23)7-13/h5-7,16-18H,8H2,1-4H3/t16-,17+,18+/m1/s1. The van der Waals surface area contributed by atoms with Crippen LogP contribution in [0.15, 0.2) is 18.2 Å². The van der Waals surface area contributed by atoms with Gasteiger partial charge in [-0.1, -0.05) is 40.6 Å². The van der Waals surface area contributed by atoms with Crippen molar-refractivity contribution in [1.29, 1.82) is 0 Å². The average molecular weight is 559 g/mol. The lowest BCUT2D eigenvalue weighted by atomic mass is 10.1. The zero-order valence-electron chi connectivity index (χ0n) is 19.4. The Morgan fingerprint density at radius 2 is 1.58 bits per heavy atom. The molecule has 0 bridgehead atoms. The molecule has 3 aromatic rings. The highest BCUT2D eigenvalue weighted by atomic mass is 35.5. The number of hydrogen-bond acceptors (Lipinski definition) is 12. The number of benzene rings is 1. The van der Waals surface area contributed by atoms with Gasteiger partial charge < -0.3 is 18.9 Å². The Morgan fingerprint density at radius 1 is 0.917 bits per heavy atom. The highest BCUT2D eigenvalue weighted by Gasteiger charge is 2.42. The number of halogens is 2. The first-order valence-electron chi connectivity index (χ1n) is 10.3. The quantitative estimate of drug-likeness (QED) is 0.281. The molecule has 2 heterocycles. The number of nitrogens with zero attached hydrogens (tertiary/aromatic N) is 4. The molecule has 0 radical (unpaired) electrons. The zero-order chi connectivity index (χ0) is 26.6. The number of carbonyl (C=O) groups is 4. The maximum atomic E-state index is 12.0. The molecule has 0 aliphatic heterocycles. The van der Waals surface area contributed by atoms with Crippen molar-refractivity contribution in [3.05, 3.63) is 34.1 Å². The first-order valence-corrected chi connectivity index (χ1v) is 11.9. The molecule has 0 fully saturated rings. The molecule has 0 aliphatic carbocycles. The molecule has 12 nitrogen and oxygen atoms in total. The molecule has 0 saturated heterocycles.